The zero-order chi connectivity index (χ0) is 14.4. The maximum atomic E-state index is 8.34. The van der Waals surface area contributed by atoms with Gasteiger partial charge < -0.3 is 36.4 Å². The molecular weight excluding hydrogens is 248 g/mol. The lowest BCUT2D eigenvalue weighted by atomic mass is 10.1. The SMILES string of the molecule is NC(CO)(CO)CO.OCNC(NCO)NCO. The van der Waals surface area contributed by atoms with E-state index in [4.69, 9.17) is 36.4 Å². The van der Waals surface area contributed by atoms with E-state index in [0.29, 0.717) is 0 Å². The summed E-state index contributed by atoms with van der Waals surface area (Å²) in [7, 11) is 0. The quantitative estimate of drug-likeness (QED) is 0.182. The summed E-state index contributed by atoms with van der Waals surface area (Å²) in [5.74, 6) is 0. The molecule has 0 heterocycles. The van der Waals surface area contributed by atoms with Crippen molar-refractivity contribution in [3.05, 3.63) is 0 Å². The summed E-state index contributed by atoms with van der Waals surface area (Å²) in [6.07, 6.45) is -0.472. The minimum atomic E-state index is -1.21. The summed E-state index contributed by atoms with van der Waals surface area (Å²) in [5, 5.41) is 57.5. The Balaban J connectivity index is 0. The lowest BCUT2D eigenvalue weighted by Crippen LogP contribution is -2.53. The van der Waals surface area contributed by atoms with Crippen molar-refractivity contribution < 1.29 is 30.6 Å². The van der Waals surface area contributed by atoms with E-state index in [1.54, 1.807) is 0 Å². The van der Waals surface area contributed by atoms with Crippen molar-refractivity contribution in [1.29, 1.82) is 0 Å². The Kier molecular flexibility index (Phi) is 14.4. The molecular formula is C8H24N4O6. The van der Waals surface area contributed by atoms with Gasteiger partial charge in [0.05, 0.1) is 45.6 Å². The number of hydrogen-bond acceptors (Lipinski definition) is 10. The summed E-state index contributed by atoms with van der Waals surface area (Å²) in [6.45, 7) is -1.90. The molecule has 0 spiro atoms. The number of hydrogen-bond donors (Lipinski definition) is 10. The predicted octanol–water partition coefficient (Wildman–Crippen LogP) is -5.45. The summed E-state index contributed by atoms with van der Waals surface area (Å²) < 4.78 is 0. The average Bonchev–Trinajstić information content (AvgIpc) is 2.39. The van der Waals surface area contributed by atoms with Crippen LogP contribution in [0.3, 0.4) is 0 Å². The van der Waals surface area contributed by atoms with Gasteiger partial charge in [0.15, 0.2) is 0 Å². The summed E-state index contributed by atoms with van der Waals surface area (Å²) in [4.78, 5) is 0. The lowest BCUT2D eigenvalue weighted by molar-refractivity contribution is 0.0697. The molecule has 0 aromatic carbocycles. The van der Waals surface area contributed by atoms with E-state index in [2.05, 4.69) is 16.0 Å². The average molecular weight is 272 g/mol. The Morgan fingerprint density at radius 1 is 0.722 bits per heavy atom. The van der Waals surface area contributed by atoms with Crippen LogP contribution < -0.4 is 21.7 Å². The molecule has 0 aromatic rings. The Morgan fingerprint density at radius 3 is 1.11 bits per heavy atom. The van der Waals surface area contributed by atoms with Crippen LogP contribution in [0.2, 0.25) is 0 Å². The third-order valence-corrected chi connectivity index (χ3v) is 1.83. The van der Waals surface area contributed by atoms with Crippen LogP contribution in [0.15, 0.2) is 0 Å². The molecule has 18 heavy (non-hydrogen) atoms. The minimum absolute atomic E-state index is 0.231. The van der Waals surface area contributed by atoms with Crippen LogP contribution in [0, 0.1) is 0 Å². The maximum Gasteiger partial charge on any atom is 0.117 e. The first kappa shape index (κ1) is 19.9. The van der Waals surface area contributed by atoms with Crippen LogP contribution in [-0.4, -0.2) is 82.5 Å². The molecule has 11 N–H and O–H groups in total. The molecule has 0 saturated heterocycles. The van der Waals surface area contributed by atoms with Crippen LogP contribution in [0.25, 0.3) is 0 Å². The summed E-state index contributed by atoms with van der Waals surface area (Å²) >= 11 is 0. The molecule has 0 aliphatic rings. The number of rotatable bonds is 9. The van der Waals surface area contributed by atoms with Gasteiger partial charge in [-0.1, -0.05) is 0 Å². The third-order valence-electron chi connectivity index (χ3n) is 1.83. The van der Waals surface area contributed by atoms with Gasteiger partial charge in [0.2, 0.25) is 0 Å². The molecule has 10 nitrogen and oxygen atoms in total. The zero-order valence-corrected chi connectivity index (χ0v) is 10.1. The van der Waals surface area contributed by atoms with Gasteiger partial charge in [0.25, 0.3) is 0 Å². The van der Waals surface area contributed by atoms with Gasteiger partial charge >= 0.3 is 0 Å². The van der Waals surface area contributed by atoms with Gasteiger partial charge in [-0.05, 0) is 0 Å². The Hall–Kier alpha value is -0.400. The topological polar surface area (TPSA) is 183 Å². The van der Waals surface area contributed by atoms with Gasteiger partial charge in [-0.15, -0.1) is 0 Å². The van der Waals surface area contributed by atoms with Crippen molar-refractivity contribution in [2.45, 2.75) is 11.8 Å². The van der Waals surface area contributed by atoms with Crippen LogP contribution in [0.5, 0.6) is 0 Å². The van der Waals surface area contributed by atoms with Gasteiger partial charge in [0, 0.05) is 0 Å². The molecule has 112 valence electrons. The van der Waals surface area contributed by atoms with Crippen LogP contribution in [0.1, 0.15) is 0 Å². The molecule has 0 atom stereocenters. The molecule has 0 bridgehead atoms. The molecule has 0 rings (SSSR count). The molecule has 0 fully saturated rings. The second kappa shape index (κ2) is 13.0. The Bertz CT molecular complexity index is 149. The molecule has 0 saturated carbocycles. The molecule has 0 aliphatic carbocycles. The molecule has 0 radical (unpaired) electrons. The van der Waals surface area contributed by atoms with E-state index in [1.807, 2.05) is 0 Å². The molecule has 0 unspecified atom stereocenters. The van der Waals surface area contributed by atoms with E-state index in [1.165, 1.54) is 0 Å². The first-order valence-electron chi connectivity index (χ1n) is 5.17. The highest BCUT2D eigenvalue weighted by atomic mass is 16.3. The zero-order valence-electron chi connectivity index (χ0n) is 10.1. The van der Waals surface area contributed by atoms with E-state index >= 15 is 0 Å². The van der Waals surface area contributed by atoms with Gasteiger partial charge in [-0.2, -0.15) is 0 Å². The van der Waals surface area contributed by atoms with Gasteiger partial charge in [0.1, 0.15) is 6.29 Å². The number of aliphatic hydroxyl groups excluding tert-OH is 6. The molecule has 10 heteroatoms. The Labute approximate surface area is 105 Å². The largest absolute Gasteiger partial charge is 0.394 e. The summed E-state index contributed by atoms with van der Waals surface area (Å²) in [6, 6.07) is 0. The predicted molar refractivity (Wildman–Crippen MR) is 62.6 cm³/mol. The second-order valence-electron chi connectivity index (χ2n) is 3.36. The highest BCUT2D eigenvalue weighted by Gasteiger charge is 2.20. The van der Waals surface area contributed by atoms with E-state index < -0.39 is 31.6 Å². The van der Waals surface area contributed by atoms with Crippen molar-refractivity contribution in [2.75, 3.05) is 40.0 Å². The monoisotopic (exact) mass is 272 g/mol. The van der Waals surface area contributed by atoms with Gasteiger partial charge in [-0.3, -0.25) is 16.0 Å². The number of aliphatic hydroxyl groups is 6. The minimum Gasteiger partial charge on any atom is -0.394 e. The van der Waals surface area contributed by atoms with Crippen molar-refractivity contribution >= 4 is 0 Å². The highest BCUT2D eigenvalue weighted by molar-refractivity contribution is 4.80. The first-order valence-corrected chi connectivity index (χ1v) is 5.17. The second-order valence-corrected chi connectivity index (χ2v) is 3.36. The lowest BCUT2D eigenvalue weighted by Gasteiger charge is -2.20. The third kappa shape index (κ3) is 10.7. The van der Waals surface area contributed by atoms with Crippen molar-refractivity contribution in [3.63, 3.8) is 0 Å². The van der Waals surface area contributed by atoms with Gasteiger partial charge in [-0.25, -0.2) is 0 Å². The fourth-order valence-corrected chi connectivity index (χ4v) is 0.640. The first-order chi connectivity index (χ1) is 8.53. The van der Waals surface area contributed by atoms with Crippen LogP contribution in [0.4, 0.5) is 0 Å². The summed E-state index contributed by atoms with van der Waals surface area (Å²) in [5.41, 5.74) is 3.94. The van der Waals surface area contributed by atoms with Crippen molar-refractivity contribution in [1.82, 2.24) is 16.0 Å². The van der Waals surface area contributed by atoms with Crippen LogP contribution in [-0.2, 0) is 0 Å². The maximum absolute atomic E-state index is 8.34. The van der Waals surface area contributed by atoms with Crippen molar-refractivity contribution in [3.8, 4) is 0 Å². The number of nitrogens with one attached hydrogen (secondary N) is 3. The fourth-order valence-electron chi connectivity index (χ4n) is 0.640. The highest BCUT2D eigenvalue weighted by Crippen LogP contribution is 1.93. The molecule has 0 aromatic heterocycles. The van der Waals surface area contributed by atoms with E-state index in [0.717, 1.165) is 0 Å². The fraction of sp³-hybridized carbons (Fsp3) is 1.00. The van der Waals surface area contributed by atoms with E-state index in [9.17, 15) is 0 Å². The molecule has 0 amide bonds. The molecule has 0 aliphatic heterocycles. The van der Waals surface area contributed by atoms with Crippen molar-refractivity contribution in [2.24, 2.45) is 5.73 Å². The smallest absolute Gasteiger partial charge is 0.117 e. The normalized spacial score (nSPS) is 11.3. The standard InChI is InChI=1S/C4H13N3O3.C4H11NO3/c8-1-5-4(6-2-9)7-3-10;5-4(1-6,2-7)3-8/h4-10H,1-3H2;6-8H,1-3,5H2. The van der Waals surface area contributed by atoms with Crippen LogP contribution >= 0.6 is 0 Å². The van der Waals surface area contributed by atoms with E-state index in [-0.39, 0.29) is 20.2 Å². The Morgan fingerprint density at radius 2 is 1.00 bits per heavy atom. The number of nitrogens with two attached hydrogens (primary N) is 1.